The van der Waals surface area contributed by atoms with Gasteiger partial charge in [-0.05, 0) is 36.6 Å². The first-order valence-electron chi connectivity index (χ1n) is 12.1. The van der Waals surface area contributed by atoms with E-state index in [1.807, 2.05) is 25.1 Å². The maximum Gasteiger partial charge on any atom is 0.344 e. The minimum Gasteiger partial charge on any atom is -0.460 e. The fourth-order valence-corrected chi connectivity index (χ4v) is 5.39. The summed E-state index contributed by atoms with van der Waals surface area (Å²) in [5.74, 6) is -0.306. The van der Waals surface area contributed by atoms with Gasteiger partial charge < -0.3 is 44.2 Å². The second-order valence-electron chi connectivity index (χ2n) is 9.39. The van der Waals surface area contributed by atoms with Gasteiger partial charge in [0.2, 0.25) is 6.29 Å². The number of hydrogen-bond acceptors (Lipinski definition) is 9. The van der Waals surface area contributed by atoms with Gasteiger partial charge in [0.25, 0.3) is 5.56 Å². The second-order valence-corrected chi connectivity index (χ2v) is 9.39. The molecule has 5 heterocycles. The van der Waals surface area contributed by atoms with Gasteiger partial charge in [0.05, 0.1) is 23.5 Å². The van der Waals surface area contributed by atoms with Crippen molar-refractivity contribution in [3.63, 3.8) is 0 Å². The molecule has 1 fully saturated rings. The van der Waals surface area contributed by atoms with Gasteiger partial charge in [-0.25, -0.2) is 4.79 Å². The van der Waals surface area contributed by atoms with Crippen LogP contribution in [0.25, 0.3) is 27.9 Å². The molecule has 0 bridgehead atoms. The fraction of sp³-hybridized carbons (Fsp3) is 0.385. The third-order valence-corrected chi connectivity index (χ3v) is 7.39. The molecule has 5 N–H and O–H groups in total. The van der Waals surface area contributed by atoms with Gasteiger partial charge in [0.15, 0.2) is 0 Å². The molecule has 0 aliphatic carbocycles. The molecule has 0 amide bonds. The summed E-state index contributed by atoms with van der Waals surface area (Å²) in [5.41, 5.74) is 3.84. The van der Waals surface area contributed by atoms with Gasteiger partial charge in [0, 0.05) is 17.5 Å². The molecule has 11 nitrogen and oxygen atoms in total. The van der Waals surface area contributed by atoms with Crippen LogP contribution in [0.15, 0.2) is 35.1 Å². The number of aliphatic hydroxyl groups excluding tert-OH is 4. The molecular weight excluding hydrogens is 484 g/mol. The SMILES string of the molecule is CC=C1COC(=O)c2c1cc1n(c2=O)CCc2c-1[nH]c1c(OC3OC(CO)C(O)C(O)C3O)cccc21. The number of rotatable bonds is 3. The molecule has 3 aliphatic rings. The number of nitrogens with zero attached hydrogens (tertiary/aromatic N) is 1. The minimum absolute atomic E-state index is 0.0364. The first kappa shape index (κ1) is 23.9. The Morgan fingerprint density at radius 3 is 2.76 bits per heavy atom. The first-order chi connectivity index (χ1) is 17.8. The zero-order valence-corrected chi connectivity index (χ0v) is 19.9. The number of carbonyl (C=O) groups excluding carboxylic acids is 1. The zero-order valence-electron chi connectivity index (χ0n) is 19.9. The molecule has 5 unspecified atom stereocenters. The summed E-state index contributed by atoms with van der Waals surface area (Å²) < 4.78 is 18.2. The maximum absolute atomic E-state index is 13.3. The molecule has 11 heteroatoms. The van der Waals surface area contributed by atoms with E-state index in [1.165, 1.54) is 0 Å². The summed E-state index contributed by atoms with van der Waals surface area (Å²) in [6.07, 6.45) is -4.71. The Labute approximate surface area is 210 Å². The predicted molar refractivity (Wildman–Crippen MR) is 130 cm³/mol. The number of ether oxygens (including phenoxy) is 3. The number of aromatic nitrogens is 2. The number of aliphatic hydroxyl groups is 4. The molecule has 2 aromatic heterocycles. The average Bonchev–Trinajstić information content (AvgIpc) is 3.29. The Bertz CT molecular complexity index is 1500. The van der Waals surface area contributed by atoms with Crippen LogP contribution in [-0.4, -0.2) is 79.9 Å². The number of carbonyl (C=O) groups is 1. The van der Waals surface area contributed by atoms with Crippen LogP contribution >= 0.6 is 0 Å². The third kappa shape index (κ3) is 3.54. The van der Waals surface area contributed by atoms with Crippen molar-refractivity contribution < 1.29 is 39.4 Å². The molecule has 6 rings (SSSR count). The molecule has 0 saturated carbocycles. The molecule has 0 spiro atoms. The Kier molecular flexibility index (Phi) is 5.70. The van der Waals surface area contributed by atoms with Gasteiger partial charge in [-0.3, -0.25) is 4.79 Å². The monoisotopic (exact) mass is 510 g/mol. The number of benzene rings is 1. The highest BCUT2D eigenvalue weighted by atomic mass is 16.7. The number of aryl methyl sites for hydroxylation is 1. The van der Waals surface area contributed by atoms with Crippen molar-refractivity contribution in [3.8, 4) is 17.1 Å². The molecule has 0 radical (unpaired) electrons. The van der Waals surface area contributed by atoms with E-state index in [4.69, 9.17) is 14.2 Å². The number of para-hydroxylation sites is 1. The highest BCUT2D eigenvalue weighted by Gasteiger charge is 2.45. The fourth-order valence-electron chi connectivity index (χ4n) is 5.39. The Balaban J connectivity index is 1.45. The number of H-pyrrole nitrogens is 1. The molecule has 5 atom stereocenters. The molecule has 3 aromatic rings. The van der Waals surface area contributed by atoms with Crippen LogP contribution in [0.3, 0.4) is 0 Å². The smallest absolute Gasteiger partial charge is 0.344 e. The van der Waals surface area contributed by atoms with Crippen molar-refractivity contribution in [2.24, 2.45) is 0 Å². The van der Waals surface area contributed by atoms with E-state index >= 15 is 0 Å². The summed E-state index contributed by atoms with van der Waals surface area (Å²) in [7, 11) is 0. The summed E-state index contributed by atoms with van der Waals surface area (Å²) in [6, 6.07) is 7.18. The quantitative estimate of drug-likeness (QED) is 0.312. The van der Waals surface area contributed by atoms with Crippen LogP contribution < -0.4 is 10.3 Å². The van der Waals surface area contributed by atoms with Crippen LogP contribution in [0.4, 0.5) is 0 Å². The lowest BCUT2D eigenvalue weighted by Crippen LogP contribution is -2.60. The van der Waals surface area contributed by atoms with Crippen molar-refractivity contribution in [2.45, 2.75) is 50.6 Å². The number of nitrogens with one attached hydrogen (secondary N) is 1. The molecular formula is C26H26N2O9. The molecule has 1 aromatic carbocycles. The van der Waals surface area contributed by atoms with Gasteiger partial charge >= 0.3 is 5.97 Å². The zero-order chi connectivity index (χ0) is 26.0. The topological polar surface area (TPSA) is 163 Å². The Morgan fingerprint density at radius 2 is 2.00 bits per heavy atom. The number of aromatic amines is 1. The van der Waals surface area contributed by atoms with Gasteiger partial charge in [0.1, 0.15) is 42.3 Å². The lowest BCUT2D eigenvalue weighted by molar-refractivity contribution is -0.277. The molecule has 37 heavy (non-hydrogen) atoms. The summed E-state index contributed by atoms with van der Waals surface area (Å²) >= 11 is 0. The number of fused-ring (bicyclic) bond motifs is 6. The summed E-state index contributed by atoms with van der Waals surface area (Å²) in [6.45, 7) is 1.73. The van der Waals surface area contributed by atoms with Crippen LogP contribution in [0.1, 0.15) is 28.4 Å². The van der Waals surface area contributed by atoms with Crippen LogP contribution in [0, 0.1) is 0 Å². The molecule has 194 valence electrons. The predicted octanol–water partition coefficient (Wildman–Crippen LogP) is 0.305. The molecule has 1 saturated heterocycles. The number of allylic oxidation sites excluding steroid dienone is 1. The summed E-state index contributed by atoms with van der Waals surface area (Å²) in [5, 5.41) is 41.0. The number of esters is 1. The normalized spacial score (nSPS) is 28.0. The van der Waals surface area contributed by atoms with E-state index in [0.717, 1.165) is 16.5 Å². The van der Waals surface area contributed by atoms with Gasteiger partial charge in [-0.2, -0.15) is 0 Å². The lowest BCUT2D eigenvalue weighted by atomic mass is 9.94. The number of cyclic esters (lactones) is 1. The van der Waals surface area contributed by atoms with E-state index in [9.17, 15) is 30.0 Å². The molecule has 3 aliphatic heterocycles. The van der Waals surface area contributed by atoms with Crippen LogP contribution in [-0.2, 0) is 22.4 Å². The van der Waals surface area contributed by atoms with E-state index in [-0.39, 0.29) is 12.2 Å². The van der Waals surface area contributed by atoms with Crippen molar-refractivity contribution in [1.29, 1.82) is 0 Å². The van der Waals surface area contributed by atoms with Crippen LogP contribution in [0.2, 0.25) is 0 Å². The average molecular weight is 510 g/mol. The highest BCUT2D eigenvalue weighted by molar-refractivity contribution is 6.00. The highest BCUT2D eigenvalue weighted by Crippen LogP contribution is 2.39. The third-order valence-electron chi connectivity index (χ3n) is 7.39. The van der Waals surface area contributed by atoms with Crippen molar-refractivity contribution >= 4 is 22.4 Å². The standard InChI is InChI=1S/C26H26N2O9/c1-2-11-10-35-25(34)18-14(11)8-15-19-13(6-7-28(15)24(18)33)12-4-3-5-16(20(12)27-19)36-26-23(32)22(31)21(30)17(9-29)37-26/h2-5,8,17,21-23,26-27,29-32H,6-7,9-10H2,1H3. The van der Waals surface area contributed by atoms with Crippen molar-refractivity contribution in [1.82, 2.24) is 9.55 Å². The Morgan fingerprint density at radius 1 is 1.19 bits per heavy atom. The first-order valence-corrected chi connectivity index (χ1v) is 12.1. The van der Waals surface area contributed by atoms with Gasteiger partial charge in [-0.15, -0.1) is 0 Å². The lowest BCUT2D eigenvalue weighted by Gasteiger charge is -2.39. The maximum atomic E-state index is 13.3. The summed E-state index contributed by atoms with van der Waals surface area (Å²) in [4.78, 5) is 29.1. The van der Waals surface area contributed by atoms with E-state index < -0.39 is 48.8 Å². The van der Waals surface area contributed by atoms with Crippen molar-refractivity contribution in [3.05, 3.63) is 57.4 Å². The van der Waals surface area contributed by atoms with Crippen molar-refractivity contribution in [2.75, 3.05) is 13.2 Å². The Hall–Kier alpha value is -3.48. The van der Waals surface area contributed by atoms with E-state index in [2.05, 4.69) is 4.98 Å². The van der Waals surface area contributed by atoms with E-state index in [1.54, 1.807) is 16.7 Å². The van der Waals surface area contributed by atoms with Gasteiger partial charge in [-0.1, -0.05) is 18.2 Å². The van der Waals surface area contributed by atoms with E-state index in [0.29, 0.717) is 41.2 Å². The number of pyridine rings is 1. The number of hydrogen-bond donors (Lipinski definition) is 5. The largest absolute Gasteiger partial charge is 0.460 e. The van der Waals surface area contributed by atoms with Crippen LogP contribution in [0.5, 0.6) is 5.75 Å². The minimum atomic E-state index is -1.57. The second kappa shape index (κ2) is 8.82.